The van der Waals surface area contributed by atoms with Crippen molar-refractivity contribution in [1.82, 2.24) is 5.32 Å². The first-order valence-corrected chi connectivity index (χ1v) is 7.18. The summed E-state index contributed by atoms with van der Waals surface area (Å²) in [6, 6.07) is 14.0. The molecule has 0 bridgehead atoms. The van der Waals surface area contributed by atoms with Crippen molar-refractivity contribution >= 4 is 27.8 Å². The molecule has 0 aliphatic rings. The van der Waals surface area contributed by atoms with E-state index in [0.29, 0.717) is 13.0 Å². The molecule has 0 saturated carbocycles. The lowest BCUT2D eigenvalue weighted by Gasteiger charge is -2.07. The third-order valence-corrected chi connectivity index (χ3v) is 3.77. The number of carbonyl (C=O) groups is 2. The number of rotatable bonds is 5. The first-order valence-electron chi connectivity index (χ1n) is 6.38. The smallest absolute Gasteiger partial charge is 0.335 e. The number of carboxylic acids is 1. The van der Waals surface area contributed by atoms with E-state index in [1.54, 1.807) is 12.1 Å². The summed E-state index contributed by atoms with van der Waals surface area (Å²) >= 11 is 3.41. The van der Waals surface area contributed by atoms with E-state index >= 15 is 0 Å². The molecule has 108 valence electrons. The predicted octanol–water partition coefficient (Wildman–Crippen LogP) is 3.01. The minimum Gasteiger partial charge on any atom is -0.478 e. The SMILES string of the molecule is O=C(Cc1ccccc1Br)NCc1ccc(C(=O)O)cc1. The molecule has 1 amide bonds. The normalized spacial score (nSPS) is 10.1. The first-order chi connectivity index (χ1) is 10.1. The van der Waals surface area contributed by atoms with Crippen LogP contribution >= 0.6 is 15.9 Å². The monoisotopic (exact) mass is 347 g/mol. The molecule has 0 heterocycles. The van der Waals surface area contributed by atoms with E-state index in [2.05, 4.69) is 21.2 Å². The average Bonchev–Trinajstić information content (AvgIpc) is 2.48. The minimum absolute atomic E-state index is 0.0794. The number of amides is 1. The highest BCUT2D eigenvalue weighted by Gasteiger charge is 2.06. The summed E-state index contributed by atoms with van der Waals surface area (Å²) in [6.45, 7) is 0.378. The van der Waals surface area contributed by atoms with Crippen molar-refractivity contribution in [1.29, 1.82) is 0 Å². The van der Waals surface area contributed by atoms with Crippen LogP contribution in [-0.2, 0) is 17.8 Å². The maximum atomic E-state index is 11.9. The van der Waals surface area contributed by atoms with Crippen LogP contribution in [0.15, 0.2) is 53.0 Å². The van der Waals surface area contributed by atoms with Gasteiger partial charge in [0.25, 0.3) is 0 Å². The summed E-state index contributed by atoms with van der Waals surface area (Å²) in [6.07, 6.45) is 0.300. The number of hydrogen-bond acceptors (Lipinski definition) is 2. The summed E-state index contributed by atoms with van der Waals surface area (Å²) in [5.41, 5.74) is 2.02. The van der Waals surface area contributed by atoms with Crippen LogP contribution in [0, 0.1) is 0 Å². The van der Waals surface area contributed by atoms with E-state index in [1.165, 1.54) is 12.1 Å². The Morgan fingerprint density at radius 3 is 2.33 bits per heavy atom. The largest absolute Gasteiger partial charge is 0.478 e. The van der Waals surface area contributed by atoms with E-state index in [4.69, 9.17) is 5.11 Å². The molecule has 2 aromatic carbocycles. The Bertz CT molecular complexity index is 653. The van der Waals surface area contributed by atoms with Crippen molar-refractivity contribution in [2.75, 3.05) is 0 Å². The van der Waals surface area contributed by atoms with E-state index in [0.717, 1.165) is 15.6 Å². The third kappa shape index (κ3) is 4.43. The van der Waals surface area contributed by atoms with Crippen LogP contribution in [0.4, 0.5) is 0 Å². The molecule has 0 radical (unpaired) electrons. The van der Waals surface area contributed by atoms with E-state index in [-0.39, 0.29) is 11.5 Å². The van der Waals surface area contributed by atoms with Gasteiger partial charge in [0.1, 0.15) is 0 Å². The van der Waals surface area contributed by atoms with Crippen molar-refractivity contribution in [3.63, 3.8) is 0 Å². The fraction of sp³-hybridized carbons (Fsp3) is 0.125. The van der Waals surface area contributed by atoms with Gasteiger partial charge in [0.15, 0.2) is 0 Å². The Morgan fingerprint density at radius 2 is 1.71 bits per heavy atom. The van der Waals surface area contributed by atoms with Crippen LogP contribution in [-0.4, -0.2) is 17.0 Å². The highest BCUT2D eigenvalue weighted by Crippen LogP contribution is 2.16. The van der Waals surface area contributed by atoms with Gasteiger partial charge in [-0.05, 0) is 29.3 Å². The highest BCUT2D eigenvalue weighted by atomic mass is 79.9. The number of nitrogens with one attached hydrogen (secondary N) is 1. The molecular weight excluding hydrogens is 334 g/mol. The summed E-state index contributed by atoms with van der Waals surface area (Å²) in [4.78, 5) is 22.6. The van der Waals surface area contributed by atoms with Crippen LogP contribution in [0.25, 0.3) is 0 Å². The second-order valence-electron chi connectivity index (χ2n) is 4.55. The van der Waals surface area contributed by atoms with E-state index in [9.17, 15) is 9.59 Å². The minimum atomic E-state index is -0.959. The molecule has 0 spiro atoms. The van der Waals surface area contributed by atoms with Gasteiger partial charge < -0.3 is 10.4 Å². The van der Waals surface area contributed by atoms with E-state index in [1.807, 2.05) is 24.3 Å². The zero-order valence-electron chi connectivity index (χ0n) is 11.2. The molecule has 21 heavy (non-hydrogen) atoms. The Morgan fingerprint density at radius 1 is 1.05 bits per heavy atom. The second kappa shape index (κ2) is 7.04. The molecule has 0 fully saturated rings. The van der Waals surface area contributed by atoms with Gasteiger partial charge in [0, 0.05) is 11.0 Å². The van der Waals surface area contributed by atoms with Crippen LogP contribution in [0.2, 0.25) is 0 Å². The number of carbonyl (C=O) groups excluding carboxylic acids is 1. The lowest BCUT2D eigenvalue weighted by molar-refractivity contribution is -0.120. The number of halogens is 1. The molecule has 2 aromatic rings. The van der Waals surface area contributed by atoms with Crippen molar-refractivity contribution in [2.45, 2.75) is 13.0 Å². The van der Waals surface area contributed by atoms with Crippen LogP contribution in [0.3, 0.4) is 0 Å². The Hall–Kier alpha value is -2.14. The molecule has 2 N–H and O–H groups in total. The molecule has 0 aliphatic heterocycles. The second-order valence-corrected chi connectivity index (χ2v) is 5.40. The topological polar surface area (TPSA) is 66.4 Å². The van der Waals surface area contributed by atoms with Crippen molar-refractivity contribution in [3.05, 3.63) is 69.7 Å². The molecule has 5 heteroatoms. The standard InChI is InChI=1S/C16H14BrNO3/c17-14-4-2-1-3-13(14)9-15(19)18-10-11-5-7-12(8-6-11)16(20)21/h1-8H,9-10H2,(H,18,19)(H,20,21). The van der Waals surface area contributed by atoms with Gasteiger partial charge in [-0.2, -0.15) is 0 Å². The van der Waals surface area contributed by atoms with Crippen molar-refractivity contribution in [2.24, 2.45) is 0 Å². The molecule has 4 nitrogen and oxygen atoms in total. The van der Waals surface area contributed by atoms with E-state index < -0.39 is 5.97 Å². The molecule has 0 aromatic heterocycles. The number of aromatic carboxylic acids is 1. The van der Waals surface area contributed by atoms with Crippen LogP contribution in [0.1, 0.15) is 21.5 Å². The van der Waals surface area contributed by atoms with Gasteiger partial charge in [-0.15, -0.1) is 0 Å². The third-order valence-electron chi connectivity index (χ3n) is 3.00. The quantitative estimate of drug-likeness (QED) is 0.873. The Balaban J connectivity index is 1.89. The van der Waals surface area contributed by atoms with Crippen molar-refractivity contribution in [3.8, 4) is 0 Å². The number of benzene rings is 2. The maximum absolute atomic E-state index is 11.9. The van der Waals surface area contributed by atoms with Gasteiger partial charge in [0.05, 0.1) is 12.0 Å². The molecule has 0 atom stereocenters. The zero-order valence-corrected chi connectivity index (χ0v) is 12.8. The Kier molecular flexibility index (Phi) is 5.11. The predicted molar refractivity (Wildman–Crippen MR) is 83.1 cm³/mol. The zero-order chi connectivity index (χ0) is 15.2. The summed E-state index contributed by atoms with van der Waals surface area (Å²) in [7, 11) is 0. The highest BCUT2D eigenvalue weighted by molar-refractivity contribution is 9.10. The number of carboxylic acid groups (broad SMARTS) is 1. The first kappa shape index (κ1) is 15.3. The van der Waals surface area contributed by atoms with Gasteiger partial charge in [-0.1, -0.05) is 46.3 Å². The van der Waals surface area contributed by atoms with Gasteiger partial charge >= 0.3 is 5.97 Å². The Labute approximate surface area is 130 Å². The lowest BCUT2D eigenvalue weighted by Crippen LogP contribution is -2.24. The maximum Gasteiger partial charge on any atom is 0.335 e. The summed E-state index contributed by atoms with van der Waals surface area (Å²) < 4.78 is 0.908. The van der Waals surface area contributed by atoms with Gasteiger partial charge in [-0.3, -0.25) is 4.79 Å². The van der Waals surface area contributed by atoms with Crippen LogP contribution in [0.5, 0.6) is 0 Å². The van der Waals surface area contributed by atoms with Gasteiger partial charge in [0.2, 0.25) is 5.91 Å². The van der Waals surface area contributed by atoms with Gasteiger partial charge in [-0.25, -0.2) is 4.79 Å². The molecule has 2 rings (SSSR count). The fourth-order valence-corrected chi connectivity index (χ4v) is 2.27. The molecular formula is C16H14BrNO3. The summed E-state index contributed by atoms with van der Waals surface area (Å²) in [5.74, 6) is -1.04. The van der Waals surface area contributed by atoms with Crippen LogP contribution < -0.4 is 5.32 Å². The average molecular weight is 348 g/mol. The fourth-order valence-electron chi connectivity index (χ4n) is 1.84. The lowest BCUT2D eigenvalue weighted by atomic mass is 10.1. The number of hydrogen-bond donors (Lipinski definition) is 2. The molecule has 0 unspecified atom stereocenters. The summed E-state index contributed by atoms with van der Waals surface area (Å²) in [5, 5.41) is 11.6. The van der Waals surface area contributed by atoms with Crippen molar-refractivity contribution < 1.29 is 14.7 Å². The molecule has 0 aliphatic carbocycles. The molecule has 0 saturated heterocycles.